The molecular formula is C26H25N3O6. The minimum Gasteiger partial charge on any atom is -0.493 e. The highest BCUT2D eigenvalue weighted by Crippen LogP contribution is 2.37. The Labute approximate surface area is 202 Å². The fourth-order valence-electron chi connectivity index (χ4n) is 4.16. The molecule has 0 aliphatic carbocycles. The van der Waals surface area contributed by atoms with Crippen LogP contribution < -0.4 is 14.8 Å². The van der Waals surface area contributed by atoms with Crippen molar-refractivity contribution < 1.29 is 24.0 Å². The molecule has 0 aromatic heterocycles. The molecule has 1 heterocycles. The van der Waals surface area contributed by atoms with E-state index in [4.69, 9.17) is 9.47 Å². The number of non-ortho nitro benzene ring substituents is 1. The van der Waals surface area contributed by atoms with Crippen LogP contribution in [0, 0.1) is 10.1 Å². The molecule has 0 unspecified atom stereocenters. The number of carbonyl (C=O) groups is 2. The van der Waals surface area contributed by atoms with Gasteiger partial charge in [0.2, 0.25) is 5.91 Å². The van der Waals surface area contributed by atoms with E-state index in [-0.39, 0.29) is 23.9 Å². The van der Waals surface area contributed by atoms with Gasteiger partial charge in [-0.3, -0.25) is 19.7 Å². The van der Waals surface area contributed by atoms with Crippen LogP contribution >= 0.6 is 0 Å². The van der Waals surface area contributed by atoms with Crippen LogP contribution in [0.1, 0.15) is 40.9 Å². The number of amides is 2. The first-order valence-corrected chi connectivity index (χ1v) is 11.1. The number of rotatable bonds is 9. The summed E-state index contributed by atoms with van der Waals surface area (Å²) in [6.07, 6.45) is -0.0200. The number of nitro benzene ring substituents is 1. The van der Waals surface area contributed by atoms with E-state index in [0.29, 0.717) is 35.9 Å². The molecule has 0 bridgehead atoms. The van der Waals surface area contributed by atoms with Gasteiger partial charge < -0.3 is 19.7 Å². The number of hydrogen-bond donors (Lipinski definition) is 1. The number of anilines is 1. The summed E-state index contributed by atoms with van der Waals surface area (Å²) in [4.78, 5) is 38.3. The first-order chi connectivity index (χ1) is 16.9. The number of hydrogen-bond acceptors (Lipinski definition) is 6. The lowest BCUT2D eigenvalue weighted by atomic mass is 10.0. The third-order valence-corrected chi connectivity index (χ3v) is 5.84. The summed E-state index contributed by atoms with van der Waals surface area (Å²) in [5, 5.41) is 13.7. The maximum atomic E-state index is 13.3. The number of fused-ring (bicyclic) bond motifs is 1. The molecule has 2 amide bonds. The molecule has 4 rings (SSSR count). The summed E-state index contributed by atoms with van der Waals surface area (Å²) >= 11 is 0. The molecule has 1 atom stereocenters. The van der Waals surface area contributed by atoms with E-state index in [0.717, 1.165) is 11.1 Å². The Morgan fingerprint density at radius 3 is 2.51 bits per heavy atom. The van der Waals surface area contributed by atoms with Crippen LogP contribution in [0.3, 0.4) is 0 Å². The highest BCUT2D eigenvalue weighted by molar-refractivity contribution is 5.99. The average molecular weight is 476 g/mol. The van der Waals surface area contributed by atoms with Gasteiger partial charge in [-0.1, -0.05) is 24.3 Å². The van der Waals surface area contributed by atoms with Crippen LogP contribution in [0.25, 0.3) is 0 Å². The summed E-state index contributed by atoms with van der Waals surface area (Å²) < 4.78 is 11.1. The molecule has 0 saturated carbocycles. The molecule has 1 aliphatic rings. The minimum atomic E-state index is -0.572. The summed E-state index contributed by atoms with van der Waals surface area (Å²) in [7, 11) is 1.54. The molecule has 0 fully saturated rings. The van der Waals surface area contributed by atoms with Crippen molar-refractivity contribution in [2.45, 2.75) is 25.9 Å². The zero-order chi connectivity index (χ0) is 24.9. The molecule has 180 valence electrons. The van der Waals surface area contributed by atoms with Crippen molar-refractivity contribution in [1.29, 1.82) is 0 Å². The molecule has 0 saturated heterocycles. The van der Waals surface area contributed by atoms with Crippen molar-refractivity contribution in [3.05, 3.63) is 93.5 Å². The van der Waals surface area contributed by atoms with Gasteiger partial charge in [-0.25, -0.2) is 0 Å². The number of methoxy groups -OCH3 is 1. The van der Waals surface area contributed by atoms with Gasteiger partial charge in [-0.2, -0.15) is 0 Å². The first kappa shape index (κ1) is 23.7. The molecular weight excluding hydrogens is 450 g/mol. The van der Waals surface area contributed by atoms with E-state index >= 15 is 0 Å². The van der Waals surface area contributed by atoms with E-state index < -0.39 is 11.0 Å². The van der Waals surface area contributed by atoms with Gasteiger partial charge in [0.15, 0.2) is 11.5 Å². The lowest BCUT2D eigenvalue weighted by Crippen LogP contribution is -2.32. The third-order valence-electron chi connectivity index (χ3n) is 5.84. The summed E-state index contributed by atoms with van der Waals surface area (Å²) in [6.45, 7) is 2.72. The van der Waals surface area contributed by atoms with Crippen LogP contribution in [0.2, 0.25) is 0 Å². The molecule has 0 spiro atoms. The van der Waals surface area contributed by atoms with E-state index in [1.54, 1.807) is 23.1 Å². The lowest BCUT2D eigenvalue weighted by Gasteiger charge is -2.28. The summed E-state index contributed by atoms with van der Waals surface area (Å²) in [5.74, 6) is 0.597. The van der Waals surface area contributed by atoms with Crippen molar-refractivity contribution in [2.24, 2.45) is 0 Å². The number of nitrogens with zero attached hydrogens (tertiary/aromatic N) is 2. The predicted octanol–water partition coefficient (Wildman–Crippen LogP) is 4.73. The molecule has 35 heavy (non-hydrogen) atoms. The average Bonchev–Trinajstić information content (AvgIpc) is 3.19. The second-order valence-corrected chi connectivity index (χ2v) is 8.01. The second-order valence-electron chi connectivity index (χ2n) is 8.01. The molecule has 1 aliphatic heterocycles. The van der Waals surface area contributed by atoms with Crippen molar-refractivity contribution in [2.75, 3.05) is 19.0 Å². The normalized spacial score (nSPS) is 13.2. The topological polar surface area (TPSA) is 111 Å². The van der Waals surface area contributed by atoms with Crippen molar-refractivity contribution in [1.82, 2.24) is 4.90 Å². The van der Waals surface area contributed by atoms with Crippen LogP contribution in [-0.2, 0) is 11.3 Å². The molecule has 1 N–H and O–H groups in total. The van der Waals surface area contributed by atoms with Gasteiger partial charge in [-0.05, 0) is 48.4 Å². The highest BCUT2D eigenvalue weighted by atomic mass is 16.6. The minimum absolute atomic E-state index is 0.0200. The monoisotopic (exact) mass is 475 g/mol. The fraction of sp³-hybridized carbons (Fsp3) is 0.231. The Hall–Kier alpha value is -4.40. The summed E-state index contributed by atoms with van der Waals surface area (Å²) in [6, 6.07) is 17.8. The van der Waals surface area contributed by atoms with Crippen LogP contribution in [0.4, 0.5) is 11.4 Å². The quantitative estimate of drug-likeness (QED) is 0.354. The maximum absolute atomic E-state index is 13.3. The van der Waals surface area contributed by atoms with Crippen LogP contribution in [0.15, 0.2) is 66.7 Å². The fourth-order valence-corrected chi connectivity index (χ4v) is 4.16. The maximum Gasteiger partial charge on any atom is 0.269 e. The zero-order valence-electron chi connectivity index (χ0n) is 19.4. The molecule has 0 radical (unpaired) electrons. The van der Waals surface area contributed by atoms with Crippen LogP contribution in [0.5, 0.6) is 11.5 Å². The molecule has 3 aromatic carbocycles. The number of ether oxygens (including phenoxy) is 2. The number of carbonyl (C=O) groups excluding carboxylic acids is 2. The molecule has 9 heteroatoms. The van der Waals surface area contributed by atoms with E-state index in [9.17, 15) is 19.7 Å². The van der Waals surface area contributed by atoms with Crippen LogP contribution in [-0.4, -0.2) is 35.4 Å². The standard InChI is InChI=1S/C26H25N3O6/c1-3-35-23-13-8-17(14-24(23)34-2)22(28-16-18-6-4-5-7-21(18)26(28)31)15-25(30)27-19-9-11-20(12-10-19)29(32)33/h4-14,22H,3,15-16H2,1-2H3,(H,27,30)/t22-/m0/s1. The first-order valence-electron chi connectivity index (χ1n) is 11.1. The lowest BCUT2D eigenvalue weighted by molar-refractivity contribution is -0.384. The number of nitro groups is 1. The smallest absolute Gasteiger partial charge is 0.269 e. The zero-order valence-corrected chi connectivity index (χ0v) is 19.4. The Kier molecular flexibility index (Phi) is 6.96. The van der Waals surface area contributed by atoms with E-state index in [1.807, 2.05) is 31.2 Å². The van der Waals surface area contributed by atoms with Crippen molar-refractivity contribution in [3.63, 3.8) is 0 Å². The van der Waals surface area contributed by atoms with Gasteiger partial charge >= 0.3 is 0 Å². The van der Waals surface area contributed by atoms with E-state index in [2.05, 4.69) is 5.32 Å². The SMILES string of the molecule is CCOc1ccc([C@H](CC(=O)Nc2ccc([N+](=O)[O-])cc2)N2Cc3ccccc3C2=O)cc1OC. The van der Waals surface area contributed by atoms with Gasteiger partial charge in [0.05, 0.1) is 31.1 Å². The Morgan fingerprint density at radius 1 is 1.11 bits per heavy atom. The largest absolute Gasteiger partial charge is 0.493 e. The van der Waals surface area contributed by atoms with E-state index in [1.165, 1.54) is 31.4 Å². The predicted molar refractivity (Wildman–Crippen MR) is 130 cm³/mol. The van der Waals surface area contributed by atoms with Crippen molar-refractivity contribution >= 4 is 23.2 Å². The Bertz CT molecular complexity index is 1260. The third kappa shape index (κ3) is 5.08. The van der Waals surface area contributed by atoms with Gasteiger partial charge in [0, 0.05) is 29.9 Å². The number of benzene rings is 3. The molecule has 3 aromatic rings. The van der Waals surface area contributed by atoms with Gasteiger partial charge in [-0.15, -0.1) is 0 Å². The second kappa shape index (κ2) is 10.3. The Morgan fingerprint density at radius 2 is 1.86 bits per heavy atom. The van der Waals surface area contributed by atoms with Gasteiger partial charge in [0.1, 0.15) is 0 Å². The summed E-state index contributed by atoms with van der Waals surface area (Å²) in [5.41, 5.74) is 2.61. The van der Waals surface area contributed by atoms with Crippen molar-refractivity contribution in [3.8, 4) is 11.5 Å². The Balaban J connectivity index is 1.62. The number of nitrogens with one attached hydrogen (secondary N) is 1. The molecule has 9 nitrogen and oxygen atoms in total. The van der Waals surface area contributed by atoms with Gasteiger partial charge in [0.25, 0.3) is 11.6 Å². The highest BCUT2D eigenvalue weighted by Gasteiger charge is 2.35.